The number of carbonyl (C=O) groups excluding carboxylic acids is 1. The minimum atomic E-state index is -3.96. The molecule has 0 aromatic heterocycles. The molecule has 1 aliphatic heterocycles. The van der Waals surface area contributed by atoms with E-state index in [1.54, 1.807) is 24.3 Å². The van der Waals surface area contributed by atoms with E-state index in [4.69, 9.17) is 9.47 Å². The Morgan fingerprint density at radius 2 is 1.78 bits per heavy atom. The number of nitrogens with zero attached hydrogens (tertiary/aromatic N) is 1. The number of sulfonamides is 1. The van der Waals surface area contributed by atoms with E-state index in [0.717, 1.165) is 21.9 Å². The Hall–Kier alpha value is -4.04. The van der Waals surface area contributed by atoms with Crippen LogP contribution >= 0.6 is 0 Å². The van der Waals surface area contributed by atoms with Crippen LogP contribution in [0.15, 0.2) is 89.8 Å². The van der Waals surface area contributed by atoms with Gasteiger partial charge in [0.2, 0.25) is 0 Å². The summed E-state index contributed by atoms with van der Waals surface area (Å²) in [4.78, 5) is 13.3. The maximum Gasteiger partial charge on any atom is 0.264 e. The molecule has 36 heavy (non-hydrogen) atoms. The number of rotatable bonds is 6. The topological polar surface area (TPSA) is 84.9 Å². The molecule has 184 valence electrons. The summed E-state index contributed by atoms with van der Waals surface area (Å²) in [6.45, 7) is 2.04. The predicted octanol–water partition coefficient (Wildman–Crippen LogP) is 4.43. The highest BCUT2D eigenvalue weighted by atomic mass is 32.2. The van der Waals surface area contributed by atoms with Crippen molar-refractivity contribution in [3.8, 4) is 11.5 Å². The van der Waals surface area contributed by atoms with Crippen LogP contribution in [0.4, 0.5) is 5.69 Å². The molecule has 1 N–H and O–H groups in total. The number of carbonyl (C=O) groups is 1. The van der Waals surface area contributed by atoms with E-state index < -0.39 is 16.1 Å². The van der Waals surface area contributed by atoms with Crippen molar-refractivity contribution in [3.05, 3.63) is 96.1 Å². The normalized spacial score (nSPS) is 15.2. The fourth-order valence-corrected chi connectivity index (χ4v) is 5.82. The van der Waals surface area contributed by atoms with E-state index in [2.05, 4.69) is 5.32 Å². The number of fused-ring (bicyclic) bond motifs is 2. The quantitative estimate of drug-likeness (QED) is 0.422. The van der Waals surface area contributed by atoms with Gasteiger partial charge in [-0.3, -0.25) is 9.10 Å². The van der Waals surface area contributed by atoms with Gasteiger partial charge >= 0.3 is 0 Å². The molecule has 4 aromatic carbocycles. The predicted molar refractivity (Wildman–Crippen MR) is 139 cm³/mol. The molecule has 0 spiro atoms. The lowest BCUT2D eigenvalue weighted by Crippen LogP contribution is -2.50. The summed E-state index contributed by atoms with van der Waals surface area (Å²) in [7, 11) is -2.44. The lowest BCUT2D eigenvalue weighted by Gasteiger charge is -2.35. The van der Waals surface area contributed by atoms with Gasteiger partial charge < -0.3 is 14.8 Å². The Labute approximate surface area is 210 Å². The monoisotopic (exact) mass is 502 g/mol. The van der Waals surface area contributed by atoms with Gasteiger partial charge in [-0.2, -0.15) is 0 Å². The molecule has 7 nitrogen and oxygen atoms in total. The molecule has 0 fully saturated rings. The molecule has 1 heterocycles. The van der Waals surface area contributed by atoms with Gasteiger partial charge in [-0.25, -0.2) is 8.42 Å². The number of nitrogens with one attached hydrogen (secondary N) is 1. The van der Waals surface area contributed by atoms with Gasteiger partial charge in [-0.05, 0) is 65.2 Å². The van der Waals surface area contributed by atoms with E-state index in [1.807, 2.05) is 55.5 Å². The van der Waals surface area contributed by atoms with Gasteiger partial charge in [0.1, 0.15) is 11.5 Å². The molecular formula is C28H26N2O5S. The third kappa shape index (κ3) is 4.47. The Bertz CT molecular complexity index is 1530. The van der Waals surface area contributed by atoms with Gasteiger partial charge in [0.15, 0.2) is 6.10 Å². The minimum Gasteiger partial charge on any atom is -0.497 e. The highest BCUT2D eigenvalue weighted by Crippen LogP contribution is 2.38. The lowest BCUT2D eigenvalue weighted by molar-refractivity contribution is -0.127. The van der Waals surface area contributed by atoms with E-state index in [-0.39, 0.29) is 17.3 Å². The van der Waals surface area contributed by atoms with Crippen LogP contribution in [0.5, 0.6) is 11.5 Å². The van der Waals surface area contributed by atoms with E-state index in [1.165, 1.54) is 23.5 Å². The fourth-order valence-electron chi connectivity index (χ4n) is 4.34. The first-order valence-corrected chi connectivity index (χ1v) is 13.0. The van der Waals surface area contributed by atoms with Gasteiger partial charge in [0.05, 0.1) is 24.2 Å². The van der Waals surface area contributed by atoms with Crippen LogP contribution < -0.4 is 19.1 Å². The third-order valence-electron chi connectivity index (χ3n) is 6.26. The van der Waals surface area contributed by atoms with Crippen molar-refractivity contribution in [2.24, 2.45) is 0 Å². The molecule has 8 heteroatoms. The molecule has 1 aliphatic rings. The molecule has 5 rings (SSSR count). The van der Waals surface area contributed by atoms with Crippen molar-refractivity contribution in [2.75, 3.05) is 18.0 Å². The molecule has 1 atom stereocenters. The largest absolute Gasteiger partial charge is 0.497 e. The summed E-state index contributed by atoms with van der Waals surface area (Å²) in [5.74, 6) is 0.520. The highest BCUT2D eigenvalue weighted by Gasteiger charge is 2.37. The number of methoxy groups -OCH3 is 1. The van der Waals surface area contributed by atoms with Crippen molar-refractivity contribution in [2.45, 2.75) is 24.5 Å². The second-order valence-electron chi connectivity index (χ2n) is 8.65. The summed E-state index contributed by atoms with van der Waals surface area (Å²) < 4.78 is 39.7. The zero-order valence-electron chi connectivity index (χ0n) is 20.0. The Morgan fingerprint density at radius 1 is 1.03 bits per heavy atom. The standard InChI is InChI=1S/C28H26N2O5S/c1-19-10-15-25-26(16-19)35-27(18-30(25)36(32,33)23-13-11-22(34-2)12-14-23)28(31)29-17-21-8-5-7-20-6-3-4-9-24(20)21/h3-16,27H,17-18H2,1-2H3,(H,29,31)/t27-/m0/s1. The number of amides is 1. The van der Waals surface area contributed by atoms with Crippen molar-refractivity contribution in [1.29, 1.82) is 0 Å². The van der Waals surface area contributed by atoms with Gasteiger partial charge in [-0.15, -0.1) is 0 Å². The number of hydrogen-bond acceptors (Lipinski definition) is 5. The number of ether oxygens (including phenoxy) is 2. The smallest absolute Gasteiger partial charge is 0.264 e. The summed E-state index contributed by atoms with van der Waals surface area (Å²) in [6.07, 6.45) is -1.01. The van der Waals surface area contributed by atoms with Crippen molar-refractivity contribution in [3.63, 3.8) is 0 Å². The molecule has 4 aromatic rings. The molecule has 0 saturated carbocycles. The average Bonchev–Trinajstić information content (AvgIpc) is 2.90. The van der Waals surface area contributed by atoms with Crippen molar-refractivity contribution < 1.29 is 22.7 Å². The Morgan fingerprint density at radius 3 is 2.56 bits per heavy atom. The van der Waals surface area contributed by atoms with Gasteiger partial charge in [0.25, 0.3) is 15.9 Å². The van der Waals surface area contributed by atoms with E-state index in [0.29, 0.717) is 23.7 Å². The first-order chi connectivity index (χ1) is 17.4. The summed E-state index contributed by atoms with van der Waals surface area (Å²) in [5.41, 5.74) is 2.26. The highest BCUT2D eigenvalue weighted by molar-refractivity contribution is 7.92. The molecule has 0 radical (unpaired) electrons. The molecule has 1 amide bonds. The first kappa shape index (κ1) is 23.7. The number of aryl methyl sites for hydroxylation is 1. The molecule has 0 saturated heterocycles. The summed E-state index contributed by atoms with van der Waals surface area (Å²) in [6, 6.07) is 25.3. The Kier molecular flexibility index (Phi) is 6.28. The number of hydrogen-bond donors (Lipinski definition) is 1. The van der Waals surface area contributed by atoms with Crippen LogP contribution in [0.1, 0.15) is 11.1 Å². The second-order valence-corrected chi connectivity index (χ2v) is 10.5. The van der Waals surface area contributed by atoms with Gasteiger partial charge in [0, 0.05) is 6.54 Å². The molecule has 0 bridgehead atoms. The number of anilines is 1. The first-order valence-electron chi connectivity index (χ1n) is 11.6. The van der Waals surface area contributed by atoms with E-state index >= 15 is 0 Å². The summed E-state index contributed by atoms with van der Waals surface area (Å²) >= 11 is 0. The Balaban J connectivity index is 1.42. The maximum absolute atomic E-state index is 13.6. The van der Waals surface area contributed by atoms with Gasteiger partial charge in [-0.1, -0.05) is 48.5 Å². The lowest BCUT2D eigenvalue weighted by atomic mass is 10.0. The van der Waals surface area contributed by atoms with Crippen LogP contribution in [-0.2, 0) is 21.4 Å². The maximum atomic E-state index is 13.6. The van der Waals surface area contributed by atoms with Crippen LogP contribution in [0, 0.1) is 6.92 Å². The third-order valence-corrected chi connectivity index (χ3v) is 8.05. The van der Waals surface area contributed by atoms with Crippen molar-refractivity contribution >= 4 is 32.4 Å². The minimum absolute atomic E-state index is 0.103. The molecular weight excluding hydrogens is 476 g/mol. The fraction of sp³-hybridized carbons (Fsp3) is 0.179. The zero-order valence-corrected chi connectivity index (χ0v) is 20.8. The van der Waals surface area contributed by atoms with Crippen LogP contribution in [0.25, 0.3) is 10.8 Å². The van der Waals surface area contributed by atoms with Crippen LogP contribution in [0.3, 0.4) is 0 Å². The van der Waals surface area contributed by atoms with Crippen LogP contribution in [-0.4, -0.2) is 34.1 Å². The average molecular weight is 503 g/mol. The second kappa shape index (κ2) is 9.54. The van der Waals surface area contributed by atoms with E-state index in [9.17, 15) is 13.2 Å². The SMILES string of the molecule is COc1ccc(S(=O)(=O)N2C[C@@H](C(=O)NCc3cccc4ccccc34)Oc3cc(C)ccc32)cc1. The van der Waals surface area contributed by atoms with Crippen LogP contribution in [0.2, 0.25) is 0 Å². The van der Waals surface area contributed by atoms with Crippen molar-refractivity contribution in [1.82, 2.24) is 5.32 Å². The zero-order chi connectivity index (χ0) is 25.3. The summed E-state index contributed by atoms with van der Waals surface area (Å²) in [5, 5.41) is 5.06. The number of benzene rings is 4. The molecule has 0 unspecified atom stereocenters. The molecule has 0 aliphatic carbocycles.